The number of fused-ring (bicyclic) bond motifs is 1. The summed E-state index contributed by atoms with van der Waals surface area (Å²) in [4.78, 5) is 0.656. The minimum Gasteiger partial charge on any atom is -0.493 e. The summed E-state index contributed by atoms with van der Waals surface area (Å²) in [6, 6.07) is 4.48. The van der Waals surface area contributed by atoms with Gasteiger partial charge in [0, 0.05) is 15.7 Å². The Kier molecular flexibility index (Phi) is 5.00. The summed E-state index contributed by atoms with van der Waals surface area (Å²) in [6.07, 6.45) is 6.22. The van der Waals surface area contributed by atoms with Gasteiger partial charge >= 0.3 is 0 Å². The van der Waals surface area contributed by atoms with Gasteiger partial charge in [0.1, 0.15) is 5.75 Å². The van der Waals surface area contributed by atoms with E-state index in [4.69, 9.17) is 4.74 Å². The molecule has 116 valence electrons. The van der Waals surface area contributed by atoms with Crippen LogP contribution in [0.2, 0.25) is 0 Å². The molecule has 1 aromatic carbocycles. The van der Waals surface area contributed by atoms with Crippen LogP contribution >= 0.6 is 31.9 Å². The number of halogens is 2. The van der Waals surface area contributed by atoms with Crippen LogP contribution in [0.5, 0.6) is 5.75 Å². The van der Waals surface area contributed by atoms with Gasteiger partial charge in [-0.05, 0) is 66.7 Å². The molecule has 0 radical (unpaired) electrons. The summed E-state index contributed by atoms with van der Waals surface area (Å²) >= 11 is 7.60. The fourth-order valence-electron chi connectivity index (χ4n) is 3.86. The van der Waals surface area contributed by atoms with Crippen molar-refractivity contribution in [2.45, 2.75) is 50.8 Å². The molecule has 0 spiro atoms. The molecule has 3 heteroatoms. The predicted molar refractivity (Wildman–Crippen MR) is 95.4 cm³/mol. The van der Waals surface area contributed by atoms with Crippen LogP contribution < -0.4 is 4.74 Å². The second kappa shape index (κ2) is 6.62. The van der Waals surface area contributed by atoms with Crippen LogP contribution in [0.15, 0.2) is 16.6 Å². The molecule has 0 aromatic heterocycles. The summed E-state index contributed by atoms with van der Waals surface area (Å²) in [6.45, 7) is 5.59. The lowest BCUT2D eigenvalue weighted by atomic mass is 9.74. The standard InChI is InChI=1S/C18H24Br2O/c1-11(2)12-3-4-17(20)14(7-12)8-15-10-16(19)9-13-5-6-21-18(13)15/h9-12,14,17H,3-8H2,1-2H3. The highest BCUT2D eigenvalue weighted by molar-refractivity contribution is 9.10. The van der Waals surface area contributed by atoms with Crippen molar-refractivity contribution in [3.8, 4) is 5.75 Å². The third-order valence-corrected chi connectivity index (χ3v) is 6.84. The van der Waals surface area contributed by atoms with E-state index in [-0.39, 0.29) is 0 Å². The Bertz CT molecular complexity index is 512. The van der Waals surface area contributed by atoms with Crippen LogP contribution in [-0.4, -0.2) is 11.4 Å². The normalized spacial score (nSPS) is 28.5. The molecule has 1 saturated carbocycles. The van der Waals surface area contributed by atoms with Crippen molar-refractivity contribution in [3.05, 3.63) is 27.7 Å². The van der Waals surface area contributed by atoms with Crippen LogP contribution in [0, 0.1) is 17.8 Å². The second-order valence-electron chi connectivity index (χ2n) is 6.95. The molecule has 1 heterocycles. The Morgan fingerprint density at radius 1 is 1.29 bits per heavy atom. The van der Waals surface area contributed by atoms with E-state index < -0.39 is 0 Å². The first-order chi connectivity index (χ1) is 10.0. The third-order valence-electron chi connectivity index (χ3n) is 5.18. The molecule has 1 fully saturated rings. The third kappa shape index (κ3) is 3.50. The number of benzene rings is 1. The minimum absolute atomic E-state index is 0.656. The Morgan fingerprint density at radius 3 is 2.86 bits per heavy atom. The van der Waals surface area contributed by atoms with Crippen molar-refractivity contribution in [1.82, 2.24) is 0 Å². The molecule has 0 bridgehead atoms. The molecule has 2 aliphatic rings. The SMILES string of the molecule is CC(C)C1CCC(Br)C(Cc2cc(Br)cc3c2OCC3)C1. The molecule has 0 saturated heterocycles. The van der Waals surface area contributed by atoms with Crippen molar-refractivity contribution in [2.24, 2.45) is 17.8 Å². The maximum atomic E-state index is 5.90. The van der Waals surface area contributed by atoms with Gasteiger partial charge in [0.05, 0.1) is 6.61 Å². The number of hydrogen-bond acceptors (Lipinski definition) is 1. The zero-order valence-electron chi connectivity index (χ0n) is 12.9. The summed E-state index contributed by atoms with van der Waals surface area (Å²) in [5.74, 6) is 3.58. The van der Waals surface area contributed by atoms with Gasteiger partial charge in [0.2, 0.25) is 0 Å². The molecule has 1 aromatic rings. The van der Waals surface area contributed by atoms with Gasteiger partial charge in [-0.25, -0.2) is 0 Å². The average molecular weight is 416 g/mol. The van der Waals surface area contributed by atoms with E-state index in [1.807, 2.05) is 0 Å². The lowest BCUT2D eigenvalue weighted by molar-refractivity contribution is 0.221. The first-order valence-corrected chi connectivity index (χ1v) is 9.83. The van der Waals surface area contributed by atoms with Gasteiger partial charge in [0.25, 0.3) is 0 Å². The lowest BCUT2D eigenvalue weighted by Crippen LogP contribution is -2.29. The molecule has 0 amide bonds. The van der Waals surface area contributed by atoms with Gasteiger partial charge in [-0.15, -0.1) is 0 Å². The van der Waals surface area contributed by atoms with Gasteiger partial charge in [0.15, 0.2) is 0 Å². The fourth-order valence-corrected chi connectivity index (χ4v) is 5.08. The quantitative estimate of drug-likeness (QED) is 0.570. The molecular weight excluding hydrogens is 392 g/mol. The van der Waals surface area contributed by atoms with E-state index in [1.165, 1.54) is 40.6 Å². The summed E-state index contributed by atoms with van der Waals surface area (Å²) in [5, 5.41) is 0. The Labute approximate surface area is 145 Å². The maximum Gasteiger partial charge on any atom is 0.125 e. The molecule has 0 N–H and O–H groups in total. The zero-order valence-corrected chi connectivity index (χ0v) is 16.0. The fraction of sp³-hybridized carbons (Fsp3) is 0.667. The van der Waals surface area contributed by atoms with Gasteiger partial charge in [-0.3, -0.25) is 0 Å². The van der Waals surface area contributed by atoms with E-state index in [0.717, 1.165) is 37.2 Å². The van der Waals surface area contributed by atoms with Crippen molar-refractivity contribution < 1.29 is 4.74 Å². The van der Waals surface area contributed by atoms with Crippen LogP contribution in [0.3, 0.4) is 0 Å². The lowest BCUT2D eigenvalue weighted by Gasteiger charge is -2.35. The first-order valence-electron chi connectivity index (χ1n) is 8.12. The number of ether oxygens (including phenoxy) is 1. The van der Waals surface area contributed by atoms with Crippen LogP contribution in [0.1, 0.15) is 44.2 Å². The van der Waals surface area contributed by atoms with E-state index in [1.54, 1.807) is 0 Å². The highest BCUT2D eigenvalue weighted by Gasteiger charge is 2.31. The Morgan fingerprint density at radius 2 is 2.10 bits per heavy atom. The van der Waals surface area contributed by atoms with Crippen molar-refractivity contribution in [2.75, 3.05) is 6.61 Å². The topological polar surface area (TPSA) is 9.23 Å². The van der Waals surface area contributed by atoms with Crippen molar-refractivity contribution in [1.29, 1.82) is 0 Å². The van der Waals surface area contributed by atoms with Crippen LogP contribution in [0.25, 0.3) is 0 Å². The first kappa shape index (κ1) is 15.9. The molecule has 1 nitrogen and oxygen atoms in total. The molecule has 21 heavy (non-hydrogen) atoms. The number of hydrogen-bond donors (Lipinski definition) is 0. The van der Waals surface area contributed by atoms with Crippen LogP contribution in [-0.2, 0) is 12.8 Å². The van der Waals surface area contributed by atoms with Crippen molar-refractivity contribution in [3.63, 3.8) is 0 Å². The predicted octanol–water partition coefficient (Wildman–Crippen LogP) is 5.76. The second-order valence-corrected chi connectivity index (χ2v) is 9.04. The molecule has 1 aliphatic carbocycles. The van der Waals surface area contributed by atoms with Gasteiger partial charge < -0.3 is 4.74 Å². The highest BCUT2D eigenvalue weighted by atomic mass is 79.9. The average Bonchev–Trinajstić information content (AvgIpc) is 2.89. The van der Waals surface area contributed by atoms with E-state index in [9.17, 15) is 0 Å². The van der Waals surface area contributed by atoms with E-state index in [2.05, 4.69) is 57.8 Å². The van der Waals surface area contributed by atoms with Gasteiger partial charge in [-0.1, -0.05) is 45.7 Å². The summed E-state index contributed by atoms with van der Waals surface area (Å²) in [7, 11) is 0. The largest absolute Gasteiger partial charge is 0.493 e. The number of alkyl halides is 1. The number of rotatable bonds is 3. The zero-order chi connectivity index (χ0) is 15.0. The van der Waals surface area contributed by atoms with E-state index in [0.29, 0.717) is 4.83 Å². The van der Waals surface area contributed by atoms with E-state index >= 15 is 0 Å². The Hall–Kier alpha value is -0.0200. The smallest absolute Gasteiger partial charge is 0.125 e. The maximum absolute atomic E-state index is 5.90. The monoisotopic (exact) mass is 414 g/mol. The summed E-state index contributed by atoms with van der Waals surface area (Å²) < 4.78 is 7.10. The molecular formula is C18H24Br2O. The molecule has 3 atom stereocenters. The molecule has 3 unspecified atom stereocenters. The van der Waals surface area contributed by atoms with Crippen molar-refractivity contribution >= 4 is 31.9 Å². The van der Waals surface area contributed by atoms with Crippen LogP contribution in [0.4, 0.5) is 0 Å². The Balaban J connectivity index is 1.79. The molecule has 1 aliphatic heterocycles. The minimum atomic E-state index is 0.656. The summed E-state index contributed by atoms with van der Waals surface area (Å²) in [5.41, 5.74) is 2.78. The molecule has 3 rings (SSSR count). The van der Waals surface area contributed by atoms with Gasteiger partial charge in [-0.2, -0.15) is 0 Å². The highest BCUT2D eigenvalue weighted by Crippen LogP contribution is 2.41.